The highest BCUT2D eigenvalue weighted by Gasteiger charge is 2.40. The first kappa shape index (κ1) is 13.4. The summed E-state index contributed by atoms with van der Waals surface area (Å²) in [5, 5.41) is 3.41. The first-order valence-corrected chi connectivity index (χ1v) is 7.93. The number of rotatable bonds is 3. The molecule has 3 aliphatic rings. The van der Waals surface area contributed by atoms with Crippen LogP contribution in [-0.2, 0) is 4.79 Å². The third-order valence-electron chi connectivity index (χ3n) is 4.99. The van der Waals surface area contributed by atoms with E-state index in [2.05, 4.69) is 29.0 Å². The molecule has 0 saturated carbocycles. The molecule has 108 valence electrons. The summed E-state index contributed by atoms with van der Waals surface area (Å²) in [7, 11) is 0. The number of hydrogen-bond donors (Lipinski definition) is 1. The van der Waals surface area contributed by atoms with E-state index >= 15 is 0 Å². The number of carbonyl (C=O) groups excluding carboxylic acids is 1. The van der Waals surface area contributed by atoms with Gasteiger partial charge in [-0.15, -0.1) is 0 Å². The zero-order valence-electron chi connectivity index (χ0n) is 12.3. The maximum absolute atomic E-state index is 12.2. The van der Waals surface area contributed by atoms with E-state index in [1.807, 2.05) is 0 Å². The fraction of sp³-hybridized carbons (Fsp3) is 0.933. The minimum Gasteiger partial charge on any atom is -0.323 e. The van der Waals surface area contributed by atoms with Crippen LogP contribution in [0.4, 0.5) is 0 Å². The number of fused-ring (bicyclic) bond motifs is 1. The van der Waals surface area contributed by atoms with Crippen molar-refractivity contribution in [2.75, 3.05) is 19.6 Å². The predicted octanol–water partition coefficient (Wildman–Crippen LogP) is 1.42. The summed E-state index contributed by atoms with van der Waals surface area (Å²) < 4.78 is 0. The number of piperidine rings is 1. The highest BCUT2D eigenvalue weighted by Crippen LogP contribution is 2.31. The van der Waals surface area contributed by atoms with Gasteiger partial charge < -0.3 is 9.80 Å². The molecule has 1 N–H and O–H groups in total. The fourth-order valence-electron chi connectivity index (χ4n) is 4.13. The van der Waals surface area contributed by atoms with E-state index in [-0.39, 0.29) is 6.17 Å². The SMILES string of the molecule is CC(C)CC1NCC(=O)N1C1CCN2CCCC2C1. The van der Waals surface area contributed by atoms with Crippen molar-refractivity contribution in [3.05, 3.63) is 0 Å². The molecule has 0 aromatic rings. The van der Waals surface area contributed by atoms with Crippen LogP contribution in [0, 0.1) is 5.92 Å². The van der Waals surface area contributed by atoms with Gasteiger partial charge in [0.05, 0.1) is 12.7 Å². The Labute approximate surface area is 116 Å². The number of nitrogens with zero attached hydrogens (tertiary/aromatic N) is 2. The van der Waals surface area contributed by atoms with E-state index in [4.69, 9.17) is 0 Å². The van der Waals surface area contributed by atoms with Gasteiger partial charge in [-0.2, -0.15) is 0 Å². The Morgan fingerprint density at radius 2 is 2.11 bits per heavy atom. The van der Waals surface area contributed by atoms with Crippen LogP contribution in [0.15, 0.2) is 0 Å². The van der Waals surface area contributed by atoms with Gasteiger partial charge in [-0.3, -0.25) is 10.1 Å². The second-order valence-corrected chi connectivity index (χ2v) is 6.84. The molecular weight excluding hydrogens is 238 g/mol. The average molecular weight is 265 g/mol. The molecular formula is C15H27N3O. The first-order chi connectivity index (χ1) is 9.15. The lowest BCUT2D eigenvalue weighted by atomic mass is 9.95. The molecule has 3 rings (SSSR count). The molecule has 19 heavy (non-hydrogen) atoms. The van der Waals surface area contributed by atoms with Crippen molar-refractivity contribution in [2.45, 2.75) is 64.2 Å². The van der Waals surface area contributed by atoms with Crippen molar-refractivity contribution in [1.82, 2.24) is 15.1 Å². The van der Waals surface area contributed by atoms with Gasteiger partial charge in [-0.05, 0) is 44.6 Å². The molecule has 3 aliphatic heterocycles. The number of carbonyl (C=O) groups is 1. The summed E-state index contributed by atoms with van der Waals surface area (Å²) >= 11 is 0. The highest BCUT2D eigenvalue weighted by molar-refractivity contribution is 5.81. The van der Waals surface area contributed by atoms with Crippen molar-refractivity contribution in [3.8, 4) is 0 Å². The van der Waals surface area contributed by atoms with Crippen LogP contribution in [0.2, 0.25) is 0 Å². The molecule has 3 unspecified atom stereocenters. The predicted molar refractivity (Wildman–Crippen MR) is 75.7 cm³/mol. The molecule has 0 bridgehead atoms. The lowest BCUT2D eigenvalue weighted by Gasteiger charge is -2.41. The van der Waals surface area contributed by atoms with Crippen molar-refractivity contribution < 1.29 is 4.79 Å². The molecule has 0 aromatic heterocycles. The summed E-state index contributed by atoms with van der Waals surface area (Å²) in [5.74, 6) is 0.958. The number of nitrogens with one attached hydrogen (secondary N) is 1. The minimum absolute atomic E-state index is 0.283. The van der Waals surface area contributed by atoms with Crippen molar-refractivity contribution >= 4 is 5.91 Å². The lowest BCUT2D eigenvalue weighted by Crippen LogP contribution is -2.52. The van der Waals surface area contributed by atoms with Crippen LogP contribution < -0.4 is 5.32 Å². The third-order valence-corrected chi connectivity index (χ3v) is 4.99. The van der Waals surface area contributed by atoms with Gasteiger partial charge in [0.25, 0.3) is 0 Å². The Bertz CT molecular complexity index is 344. The Hall–Kier alpha value is -0.610. The van der Waals surface area contributed by atoms with Crippen molar-refractivity contribution in [2.24, 2.45) is 5.92 Å². The van der Waals surface area contributed by atoms with Gasteiger partial charge >= 0.3 is 0 Å². The molecule has 0 spiro atoms. The smallest absolute Gasteiger partial charge is 0.238 e. The standard InChI is InChI=1S/C15H27N3O/c1-11(2)8-14-16-10-15(19)18(14)13-5-7-17-6-3-4-12(17)9-13/h11-14,16H,3-10H2,1-2H3. The molecule has 3 atom stereocenters. The van der Waals surface area contributed by atoms with E-state index < -0.39 is 0 Å². The van der Waals surface area contributed by atoms with Crippen LogP contribution in [0.5, 0.6) is 0 Å². The molecule has 4 heteroatoms. The van der Waals surface area contributed by atoms with Crippen LogP contribution in [0.3, 0.4) is 0 Å². The molecule has 3 saturated heterocycles. The van der Waals surface area contributed by atoms with Crippen LogP contribution in [0.25, 0.3) is 0 Å². The normalized spacial score (nSPS) is 36.3. The second-order valence-electron chi connectivity index (χ2n) is 6.84. The Morgan fingerprint density at radius 1 is 1.26 bits per heavy atom. The van der Waals surface area contributed by atoms with E-state index in [0.717, 1.165) is 12.5 Å². The second kappa shape index (κ2) is 5.41. The third kappa shape index (κ3) is 2.65. The molecule has 0 radical (unpaired) electrons. The Balaban J connectivity index is 1.67. The molecule has 4 nitrogen and oxygen atoms in total. The van der Waals surface area contributed by atoms with Crippen molar-refractivity contribution in [3.63, 3.8) is 0 Å². The Morgan fingerprint density at radius 3 is 2.89 bits per heavy atom. The molecule has 1 amide bonds. The quantitative estimate of drug-likeness (QED) is 0.838. The van der Waals surface area contributed by atoms with Gasteiger partial charge in [0.1, 0.15) is 0 Å². The van der Waals surface area contributed by atoms with Gasteiger partial charge in [-0.25, -0.2) is 0 Å². The number of amides is 1. The summed E-state index contributed by atoms with van der Waals surface area (Å²) in [6.07, 6.45) is 6.40. The number of hydrogen-bond acceptors (Lipinski definition) is 3. The summed E-state index contributed by atoms with van der Waals surface area (Å²) in [4.78, 5) is 17.0. The average Bonchev–Trinajstić information content (AvgIpc) is 2.94. The summed E-state index contributed by atoms with van der Waals surface area (Å²) in [5.41, 5.74) is 0. The van der Waals surface area contributed by atoms with Crippen LogP contribution in [-0.4, -0.2) is 53.6 Å². The zero-order valence-corrected chi connectivity index (χ0v) is 12.3. The molecule has 0 aromatic carbocycles. The molecule has 0 aliphatic carbocycles. The first-order valence-electron chi connectivity index (χ1n) is 7.93. The summed E-state index contributed by atoms with van der Waals surface area (Å²) in [6.45, 7) is 7.49. The zero-order chi connectivity index (χ0) is 13.4. The lowest BCUT2D eigenvalue weighted by molar-refractivity contribution is -0.131. The van der Waals surface area contributed by atoms with Gasteiger partial charge in [0.2, 0.25) is 5.91 Å². The van der Waals surface area contributed by atoms with E-state index in [1.165, 1.54) is 38.8 Å². The van der Waals surface area contributed by atoms with Gasteiger partial charge in [0.15, 0.2) is 0 Å². The van der Waals surface area contributed by atoms with E-state index in [1.54, 1.807) is 0 Å². The Kier molecular flexibility index (Phi) is 3.81. The minimum atomic E-state index is 0.283. The fourth-order valence-corrected chi connectivity index (χ4v) is 4.13. The maximum Gasteiger partial charge on any atom is 0.238 e. The van der Waals surface area contributed by atoms with Crippen LogP contribution >= 0.6 is 0 Å². The van der Waals surface area contributed by atoms with E-state index in [0.29, 0.717) is 24.4 Å². The largest absolute Gasteiger partial charge is 0.323 e. The van der Waals surface area contributed by atoms with Crippen LogP contribution in [0.1, 0.15) is 46.0 Å². The monoisotopic (exact) mass is 265 g/mol. The molecule has 3 fully saturated rings. The highest BCUT2D eigenvalue weighted by atomic mass is 16.2. The van der Waals surface area contributed by atoms with Gasteiger partial charge in [0, 0.05) is 18.6 Å². The summed E-state index contributed by atoms with van der Waals surface area (Å²) in [6, 6.07) is 1.22. The topological polar surface area (TPSA) is 35.6 Å². The maximum atomic E-state index is 12.2. The van der Waals surface area contributed by atoms with E-state index in [9.17, 15) is 4.79 Å². The van der Waals surface area contributed by atoms with Gasteiger partial charge in [-0.1, -0.05) is 13.8 Å². The van der Waals surface area contributed by atoms with Crippen molar-refractivity contribution in [1.29, 1.82) is 0 Å². The molecule has 3 heterocycles.